The summed E-state index contributed by atoms with van der Waals surface area (Å²) in [5.41, 5.74) is -1.16. The van der Waals surface area contributed by atoms with Crippen molar-refractivity contribution < 1.29 is 31.1 Å². The molecule has 0 aliphatic heterocycles. The number of nitrogens with zero attached hydrogens (tertiary/aromatic N) is 3. The number of aromatic amines is 1. The number of aliphatic imine (C=N–C) groups is 1. The van der Waals surface area contributed by atoms with E-state index in [2.05, 4.69) is 20.4 Å². The van der Waals surface area contributed by atoms with Gasteiger partial charge in [-0.25, -0.2) is 0 Å². The van der Waals surface area contributed by atoms with Gasteiger partial charge in [-0.3, -0.25) is 4.99 Å². The van der Waals surface area contributed by atoms with Crippen molar-refractivity contribution in [1.29, 1.82) is 0 Å². The Labute approximate surface area is 172 Å². The first kappa shape index (κ1) is 22.3. The number of alkyl halides is 6. The first-order valence-electron chi connectivity index (χ1n) is 8.92. The van der Waals surface area contributed by atoms with E-state index in [1.807, 2.05) is 0 Å². The van der Waals surface area contributed by atoms with Crippen LogP contribution in [0.4, 0.5) is 26.3 Å². The fourth-order valence-electron chi connectivity index (χ4n) is 2.85. The van der Waals surface area contributed by atoms with Crippen LogP contribution in [-0.4, -0.2) is 35.3 Å². The Morgan fingerprint density at radius 2 is 1.65 bits per heavy atom. The second-order valence-electron chi connectivity index (χ2n) is 6.49. The second-order valence-corrected chi connectivity index (χ2v) is 6.49. The zero-order valence-electron chi connectivity index (χ0n) is 16.1. The lowest BCUT2D eigenvalue weighted by Crippen LogP contribution is -2.12. The Hall–Kier alpha value is -3.37. The van der Waals surface area contributed by atoms with Crippen LogP contribution < -0.4 is 4.74 Å². The van der Waals surface area contributed by atoms with Crippen molar-refractivity contribution in [1.82, 2.24) is 15.4 Å². The van der Waals surface area contributed by atoms with Crippen LogP contribution in [0, 0.1) is 0 Å². The summed E-state index contributed by atoms with van der Waals surface area (Å²) in [6.07, 6.45) is -8.41. The minimum Gasteiger partial charge on any atom is -0.493 e. The van der Waals surface area contributed by atoms with Gasteiger partial charge in [0.1, 0.15) is 17.1 Å². The van der Waals surface area contributed by atoms with E-state index in [1.54, 1.807) is 31.3 Å². The highest BCUT2D eigenvalue weighted by molar-refractivity contribution is 5.86. The van der Waals surface area contributed by atoms with Crippen LogP contribution in [0.1, 0.15) is 22.4 Å². The van der Waals surface area contributed by atoms with Gasteiger partial charge in [0.25, 0.3) is 0 Å². The fourth-order valence-corrected chi connectivity index (χ4v) is 2.85. The van der Waals surface area contributed by atoms with E-state index < -0.39 is 23.5 Å². The Morgan fingerprint density at radius 3 is 2.26 bits per heavy atom. The lowest BCUT2D eigenvalue weighted by atomic mass is 10.0. The molecule has 0 spiro atoms. The van der Waals surface area contributed by atoms with Crippen LogP contribution >= 0.6 is 0 Å². The van der Waals surface area contributed by atoms with E-state index in [1.165, 1.54) is 6.21 Å². The van der Waals surface area contributed by atoms with Crippen molar-refractivity contribution in [2.75, 3.05) is 13.7 Å². The van der Waals surface area contributed by atoms with Gasteiger partial charge < -0.3 is 4.74 Å². The molecule has 11 heteroatoms. The average molecular weight is 442 g/mol. The Balaban J connectivity index is 1.75. The first-order valence-corrected chi connectivity index (χ1v) is 8.92. The number of hydrogen-bond acceptors (Lipinski definition) is 4. The minimum atomic E-state index is -4.89. The van der Waals surface area contributed by atoms with Gasteiger partial charge in [0, 0.05) is 19.0 Å². The Morgan fingerprint density at radius 1 is 0.968 bits per heavy atom. The number of H-pyrrole nitrogens is 1. The van der Waals surface area contributed by atoms with Gasteiger partial charge in [0.2, 0.25) is 0 Å². The highest BCUT2D eigenvalue weighted by Crippen LogP contribution is 2.36. The maximum Gasteiger partial charge on any atom is 0.416 e. The highest BCUT2D eigenvalue weighted by atomic mass is 19.4. The van der Waals surface area contributed by atoms with Gasteiger partial charge in [-0.05, 0) is 35.9 Å². The molecule has 164 valence electrons. The minimum absolute atomic E-state index is 0.100. The van der Waals surface area contributed by atoms with Crippen LogP contribution in [0.5, 0.6) is 5.75 Å². The van der Waals surface area contributed by atoms with Crippen molar-refractivity contribution in [3.05, 3.63) is 64.8 Å². The molecule has 0 amide bonds. The molecular formula is C20H16F6N4O. The summed E-state index contributed by atoms with van der Waals surface area (Å²) in [6.45, 7) is -0.121. The Bertz CT molecular complexity index is 1040. The van der Waals surface area contributed by atoms with E-state index in [0.717, 1.165) is 0 Å². The van der Waals surface area contributed by atoms with Crippen LogP contribution in [-0.2, 0) is 18.8 Å². The number of benzene rings is 2. The summed E-state index contributed by atoms with van der Waals surface area (Å²) >= 11 is 0. The van der Waals surface area contributed by atoms with Crippen LogP contribution in [0.15, 0.2) is 47.5 Å². The zero-order valence-corrected chi connectivity index (χ0v) is 16.1. The molecule has 0 bridgehead atoms. The number of rotatable bonds is 6. The van der Waals surface area contributed by atoms with Crippen LogP contribution in [0.25, 0.3) is 11.3 Å². The zero-order chi connectivity index (χ0) is 22.6. The van der Waals surface area contributed by atoms with Crippen molar-refractivity contribution in [2.24, 2.45) is 4.99 Å². The fraction of sp³-hybridized carbons (Fsp3) is 0.250. The van der Waals surface area contributed by atoms with E-state index in [0.29, 0.717) is 34.8 Å². The van der Waals surface area contributed by atoms with Crippen LogP contribution in [0.3, 0.4) is 0 Å². The summed E-state index contributed by atoms with van der Waals surface area (Å²) in [6, 6.07) is 8.17. The predicted octanol–water partition coefficient (Wildman–Crippen LogP) is 5.18. The number of ether oxygens (including phenoxy) is 1. The molecule has 0 radical (unpaired) electrons. The van der Waals surface area contributed by atoms with Crippen molar-refractivity contribution in [2.45, 2.75) is 18.8 Å². The monoisotopic (exact) mass is 442 g/mol. The molecule has 0 saturated carbocycles. The van der Waals surface area contributed by atoms with E-state index in [-0.39, 0.29) is 24.7 Å². The molecule has 3 rings (SSSR count). The summed E-state index contributed by atoms with van der Waals surface area (Å²) < 4.78 is 83.4. The molecule has 5 nitrogen and oxygen atoms in total. The summed E-state index contributed by atoms with van der Waals surface area (Å²) in [4.78, 5) is 3.88. The molecule has 1 N–H and O–H groups in total. The lowest BCUT2D eigenvalue weighted by Gasteiger charge is -2.14. The third-order valence-electron chi connectivity index (χ3n) is 4.24. The number of aromatic nitrogens is 3. The number of nitrogens with one attached hydrogen (secondary N) is 1. The van der Waals surface area contributed by atoms with Crippen molar-refractivity contribution in [3.63, 3.8) is 0 Å². The van der Waals surface area contributed by atoms with Gasteiger partial charge in [-0.2, -0.15) is 41.8 Å². The molecule has 0 unspecified atom stereocenters. The summed E-state index contributed by atoms with van der Waals surface area (Å²) in [5.74, 6) is 0.378. The molecule has 0 aliphatic rings. The molecule has 0 aliphatic carbocycles. The second kappa shape index (κ2) is 8.78. The van der Waals surface area contributed by atoms with Gasteiger partial charge in [-0.1, -0.05) is 12.1 Å². The van der Waals surface area contributed by atoms with E-state index in [9.17, 15) is 26.3 Å². The Kier molecular flexibility index (Phi) is 6.32. The third kappa shape index (κ3) is 5.62. The molecule has 1 aromatic heterocycles. The predicted molar refractivity (Wildman–Crippen MR) is 101 cm³/mol. The van der Waals surface area contributed by atoms with Gasteiger partial charge in [-0.15, -0.1) is 0 Å². The van der Waals surface area contributed by atoms with Gasteiger partial charge >= 0.3 is 12.4 Å². The first-order chi connectivity index (χ1) is 14.6. The molecule has 3 aromatic rings. The van der Waals surface area contributed by atoms with E-state index >= 15 is 0 Å². The maximum atomic E-state index is 13.0. The van der Waals surface area contributed by atoms with Crippen molar-refractivity contribution >= 4 is 6.21 Å². The molecule has 2 aromatic carbocycles. The molecule has 0 fully saturated rings. The van der Waals surface area contributed by atoms with Crippen molar-refractivity contribution in [3.8, 4) is 17.0 Å². The quantitative estimate of drug-likeness (QED) is 0.423. The maximum absolute atomic E-state index is 13.0. The summed E-state index contributed by atoms with van der Waals surface area (Å²) in [7, 11) is 1.58. The SMILES string of the molecule is CN=Cc1n[nH]nc1-c1cccc(OCCc2cc(C(F)(F)F)cc(C(F)(F)F)c2)c1. The standard InChI is InChI=1S/C20H16F6N4O/c1-27-11-17-18(29-30-28-17)13-3-2-4-16(9-13)31-6-5-12-7-14(19(21,22)23)10-15(8-12)20(24,25)26/h2-4,7-11H,5-6H2,1H3,(H,28,29,30). The summed E-state index contributed by atoms with van der Waals surface area (Å²) in [5, 5.41) is 10.5. The highest BCUT2D eigenvalue weighted by Gasteiger charge is 2.36. The van der Waals surface area contributed by atoms with Gasteiger partial charge in [0.15, 0.2) is 0 Å². The lowest BCUT2D eigenvalue weighted by molar-refractivity contribution is -0.143. The molecule has 1 heterocycles. The molecule has 0 saturated heterocycles. The number of hydrogen-bond donors (Lipinski definition) is 1. The van der Waals surface area contributed by atoms with E-state index in [4.69, 9.17) is 4.74 Å². The normalized spacial score (nSPS) is 12.5. The topological polar surface area (TPSA) is 63.2 Å². The average Bonchev–Trinajstić information content (AvgIpc) is 3.15. The largest absolute Gasteiger partial charge is 0.493 e. The molecular weight excluding hydrogens is 426 g/mol. The molecule has 31 heavy (non-hydrogen) atoms. The third-order valence-corrected chi connectivity index (χ3v) is 4.24. The van der Waals surface area contributed by atoms with Crippen LogP contribution in [0.2, 0.25) is 0 Å². The molecule has 0 atom stereocenters. The van der Waals surface area contributed by atoms with Gasteiger partial charge in [0.05, 0.1) is 23.9 Å². The smallest absolute Gasteiger partial charge is 0.416 e. The number of halogens is 6.